The molecule has 0 saturated carbocycles. The molecular formula is C10H21F2NO2. The average Bonchev–Trinajstić information content (AvgIpc) is 2.08. The highest BCUT2D eigenvalue weighted by molar-refractivity contribution is 4.73. The zero-order chi connectivity index (χ0) is 11.9. The van der Waals surface area contributed by atoms with Crippen LogP contribution in [0.4, 0.5) is 8.78 Å². The van der Waals surface area contributed by atoms with Gasteiger partial charge in [-0.1, -0.05) is 0 Å². The largest absolute Gasteiger partial charge is 0.382 e. The first kappa shape index (κ1) is 14.7. The van der Waals surface area contributed by atoms with Gasteiger partial charge < -0.3 is 14.8 Å². The Kier molecular flexibility index (Phi) is 6.96. The predicted octanol–water partition coefficient (Wildman–Crippen LogP) is 1.67. The van der Waals surface area contributed by atoms with Gasteiger partial charge in [-0.25, -0.2) is 8.78 Å². The van der Waals surface area contributed by atoms with Crippen molar-refractivity contribution in [2.24, 2.45) is 0 Å². The number of rotatable bonds is 7. The van der Waals surface area contributed by atoms with Crippen LogP contribution in [0.25, 0.3) is 0 Å². The Balaban J connectivity index is 3.82. The second-order valence-electron chi connectivity index (χ2n) is 4.43. The van der Waals surface area contributed by atoms with Crippen molar-refractivity contribution in [3.05, 3.63) is 0 Å². The van der Waals surface area contributed by atoms with Crippen LogP contribution in [0.3, 0.4) is 0 Å². The molecule has 0 aliphatic carbocycles. The van der Waals surface area contributed by atoms with Crippen LogP contribution in [0.5, 0.6) is 0 Å². The van der Waals surface area contributed by atoms with Crippen LogP contribution < -0.4 is 5.32 Å². The van der Waals surface area contributed by atoms with Gasteiger partial charge in [0.25, 0.3) is 6.43 Å². The van der Waals surface area contributed by atoms with Gasteiger partial charge >= 0.3 is 0 Å². The van der Waals surface area contributed by atoms with E-state index in [4.69, 9.17) is 9.47 Å². The summed E-state index contributed by atoms with van der Waals surface area (Å²) >= 11 is 0. The van der Waals surface area contributed by atoms with Crippen LogP contribution in [-0.2, 0) is 9.47 Å². The van der Waals surface area contributed by atoms with E-state index in [-0.39, 0.29) is 11.6 Å². The molecule has 1 N–H and O–H groups in total. The fraction of sp³-hybridized carbons (Fsp3) is 1.00. The van der Waals surface area contributed by atoms with E-state index in [9.17, 15) is 8.78 Å². The van der Waals surface area contributed by atoms with Crippen molar-refractivity contribution in [2.75, 3.05) is 26.9 Å². The van der Waals surface area contributed by atoms with Crippen molar-refractivity contribution in [3.8, 4) is 0 Å². The lowest BCUT2D eigenvalue weighted by molar-refractivity contribution is -0.0511. The maximum absolute atomic E-state index is 11.9. The van der Waals surface area contributed by atoms with Crippen LogP contribution >= 0.6 is 0 Å². The lowest BCUT2D eigenvalue weighted by Gasteiger charge is -2.25. The molecule has 0 amide bonds. The number of ether oxygens (including phenoxy) is 2. The van der Waals surface area contributed by atoms with Gasteiger partial charge in [-0.15, -0.1) is 0 Å². The van der Waals surface area contributed by atoms with Crippen molar-refractivity contribution in [2.45, 2.75) is 38.8 Å². The maximum Gasteiger partial charge on any atom is 0.261 e. The molecule has 0 fully saturated rings. The maximum atomic E-state index is 11.9. The normalized spacial score (nSPS) is 14.6. The standard InChI is InChI=1S/C10H21F2NO2/c1-10(2,3)13-5-8(6-14-4)15-7-9(11)12/h8-9,13H,5-7H2,1-4H3. The highest BCUT2D eigenvalue weighted by Gasteiger charge is 2.16. The van der Waals surface area contributed by atoms with Gasteiger partial charge in [-0.05, 0) is 20.8 Å². The van der Waals surface area contributed by atoms with E-state index in [1.165, 1.54) is 7.11 Å². The highest BCUT2D eigenvalue weighted by atomic mass is 19.3. The molecule has 1 atom stereocenters. The zero-order valence-corrected chi connectivity index (χ0v) is 9.85. The first-order valence-electron chi connectivity index (χ1n) is 4.99. The second-order valence-corrected chi connectivity index (χ2v) is 4.43. The third-order valence-electron chi connectivity index (χ3n) is 1.67. The molecule has 0 spiro atoms. The molecule has 0 aliphatic heterocycles. The summed E-state index contributed by atoms with van der Waals surface area (Å²) in [6.07, 6.45) is -2.76. The van der Waals surface area contributed by atoms with Crippen LogP contribution in [0.2, 0.25) is 0 Å². The molecule has 0 aromatic carbocycles. The number of hydrogen-bond donors (Lipinski definition) is 1. The SMILES string of the molecule is COCC(CNC(C)(C)C)OCC(F)F. The van der Waals surface area contributed by atoms with Gasteiger partial charge in [0, 0.05) is 19.2 Å². The molecule has 0 bridgehead atoms. The van der Waals surface area contributed by atoms with Crippen LogP contribution in [0.1, 0.15) is 20.8 Å². The Hall–Kier alpha value is -0.260. The van der Waals surface area contributed by atoms with Crippen molar-refractivity contribution in [1.29, 1.82) is 0 Å². The summed E-state index contributed by atoms with van der Waals surface area (Å²) in [7, 11) is 1.52. The molecule has 0 aliphatic rings. The lowest BCUT2D eigenvalue weighted by Crippen LogP contribution is -2.43. The van der Waals surface area contributed by atoms with Crippen LogP contribution in [0.15, 0.2) is 0 Å². The van der Waals surface area contributed by atoms with Crippen molar-refractivity contribution in [3.63, 3.8) is 0 Å². The molecule has 0 radical (unpaired) electrons. The fourth-order valence-corrected chi connectivity index (χ4v) is 0.981. The molecule has 15 heavy (non-hydrogen) atoms. The summed E-state index contributed by atoms with van der Waals surface area (Å²) in [5.41, 5.74) is -0.0554. The highest BCUT2D eigenvalue weighted by Crippen LogP contribution is 2.02. The number of hydrogen-bond acceptors (Lipinski definition) is 3. The van der Waals surface area contributed by atoms with Crippen LogP contribution in [0, 0.1) is 0 Å². The van der Waals surface area contributed by atoms with E-state index < -0.39 is 13.0 Å². The first-order valence-corrected chi connectivity index (χ1v) is 4.99. The number of alkyl halides is 2. The average molecular weight is 225 g/mol. The summed E-state index contributed by atoms with van der Waals surface area (Å²) in [5.74, 6) is 0. The van der Waals surface area contributed by atoms with E-state index in [2.05, 4.69) is 5.32 Å². The number of methoxy groups -OCH3 is 1. The monoisotopic (exact) mass is 225 g/mol. The van der Waals surface area contributed by atoms with Crippen molar-refractivity contribution in [1.82, 2.24) is 5.32 Å². The van der Waals surface area contributed by atoms with E-state index in [1.807, 2.05) is 20.8 Å². The van der Waals surface area contributed by atoms with Crippen molar-refractivity contribution < 1.29 is 18.3 Å². The van der Waals surface area contributed by atoms with Gasteiger partial charge in [0.05, 0.1) is 12.7 Å². The third kappa shape index (κ3) is 10.0. The quantitative estimate of drug-likeness (QED) is 0.715. The molecule has 0 heterocycles. The van der Waals surface area contributed by atoms with Gasteiger partial charge in [0.15, 0.2) is 0 Å². The summed E-state index contributed by atoms with van der Waals surface area (Å²) in [4.78, 5) is 0. The molecule has 3 nitrogen and oxygen atoms in total. The molecule has 0 aromatic heterocycles. The Labute approximate surface area is 90.1 Å². The Morgan fingerprint density at radius 2 is 1.80 bits per heavy atom. The molecule has 1 unspecified atom stereocenters. The molecule has 0 aromatic rings. The van der Waals surface area contributed by atoms with Gasteiger partial charge in [0.1, 0.15) is 6.61 Å². The minimum Gasteiger partial charge on any atom is -0.382 e. The molecule has 5 heteroatoms. The lowest BCUT2D eigenvalue weighted by atomic mass is 10.1. The molecule has 0 saturated heterocycles. The zero-order valence-electron chi connectivity index (χ0n) is 9.85. The van der Waals surface area contributed by atoms with Crippen molar-refractivity contribution >= 4 is 0 Å². The fourth-order valence-electron chi connectivity index (χ4n) is 0.981. The molecule has 0 rings (SSSR count). The van der Waals surface area contributed by atoms with E-state index in [0.717, 1.165) is 0 Å². The second kappa shape index (κ2) is 7.09. The van der Waals surface area contributed by atoms with E-state index >= 15 is 0 Å². The Morgan fingerprint density at radius 1 is 1.20 bits per heavy atom. The molecule has 92 valence electrons. The Morgan fingerprint density at radius 3 is 2.20 bits per heavy atom. The topological polar surface area (TPSA) is 30.5 Å². The summed E-state index contributed by atoms with van der Waals surface area (Å²) in [6.45, 7) is 6.29. The van der Waals surface area contributed by atoms with E-state index in [1.54, 1.807) is 0 Å². The smallest absolute Gasteiger partial charge is 0.261 e. The predicted molar refractivity (Wildman–Crippen MR) is 55.4 cm³/mol. The number of nitrogens with one attached hydrogen (secondary N) is 1. The van der Waals surface area contributed by atoms with Crippen LogP contribution in [-0.4, -0.2) is 44.9 Å². The number of halogens is 2. The van der Waals surface area contributed by atoms with Gasteiger partial charge in [0.2, 0.25) is 0 Å². The van der Waals surface area contributed by atoms with Gasteiger partial charge in [-0.2, -0.15) is 0 Å². The van der Waals surface area contributed by atoms with Gasteiger partial charge in [-0.3, -0.25) is 0 Å². The summed E-state index contributed by atoms with van der Waals surface area (Å²) in [6, 6.07) is 0. The minimum absolute atomic E-state index is 0.0554. The summed E-state index contributed by atoms with van der Waals surface area (Å²) < 4.78 is 33.7. The first-order chi connectivity index (χ1) is 6.85. The Bertz CT molecular complexity index is 160. The molecular weight excluding hydrogens is 204 g/mol. The minimum atomic E-state index is -2.43. The summed E-state index contributed by atoms with van der Waals surface area (Å²) in [5, 5.41) is 3.18. The van der Waals surface area contributed by atoms with E-state index in [0.29, 0.717) is 13.2 Å². The third-order valence-corrected chi connectivity index (χ3v) is 1.67.